The van der Waals surface area contributed by atoms with Crippen LogP contribution in [0.5, 0.6) is 0 Å². The summed E-state index contributed by atoms with van der Waals surface area (Å²) in [6.07, 6.45) is 6.91. The van der Waals surface area contributed by atoms with Crippen LogP contribution in [0.25, 0.3) is 0 Å². The minimum atomic E-state index is -0.487. The van der Waals surface area contributed by atoms with Crippen LogP contribution in [0.1, 0.15) is 24.8 Å². The van der Waals surface area contributed by atoms with Gasteiger partial charge in [0.25, 0.3) is 0 Å². The quantitative estimate of drug-likeness (QED) is 0.806. The Morgan fingerprint density at radius 2 is 1.94 bits per heavy atom. The van der Waals surface area contributed by atoms with Crippen LogP contribution >= 0.6 is 0 Å². The second-order valence-electron chi connectivity index (χ2n) is 4.56. The van der Waals surface area contributed by atoms with Gasteiger partial charge in [-0.15, -0.1) is 12.3 Å². The first kappa shape index (κ1) is 12.2. The van der Waals surface area contributed by atoms with E-state index in [1.807, 2.05) is 18.2 Å². The maximum atomic E-state index is 10.4. The van der Waals surface area contributed by atoms with Gasteiger partial charge in [-0.25, -0.2) is 0 Å². The Balaban J connectivity index is 2.33. The molecule has 1 fully saturated rings. The van der Waals surface area contributed by atoms with E-state index < -0.39 is 6.10 Å². The molecule has 0 amide bonds. The Kier molecular flexibility index (Phi) is 3.83. The van der Waals surface area contributed by atoms with Gasteiger partial charge in [-0.1, -0.05) is 30.3 Å². The molecule has 2 heteroatoms. The lowest BCUT2D eigenvalue weighted by Crippen LogP contribution is -2.44. The molecule has 1 saturated heterocycles. The van der Waals surface area contributed by atoms with Crippen molar-refractivity contribution in [2.45, 2.75) is 30.8 Å². The van der Waals surface area contributed by atoms with Crippen LogP contribution < -0.4 is 0 Å². The fourth-order valence-electron chi connectivity index (χ4n) is 2.63. The second-order valence-corrected chi connectivity index (χ2v) is 4.56. The summed E-state index contributed by atoms with van der Waals surface area (Å²) in [4.78, 5) is 0. The zero-order valence-corrected chi connectivity index (χ0v) is 9.93. The van der Waals surface area contributed by atoms with Crippen molar-refractivity contribution in [2.75, 3.05) is 13.2 Å². The lowest BCUT2D eigenvalue weighted by molar-refractivity contribution is -0.0136. The number of terminal acetylenes is 1. The highest BCUT2D eigenvalue weighted by molar-refractivity contribution is 5.28. The standard InChI is InChI=1S/C15H18O2/c1-2-6-14(16)15(9-11-17-12-10-15)13-7-4-3-5-8-13/h1,3-5,7-8,14,16H,6,9-12H2. The first-order valence-electron chi connectivity index (χ1n) is 6.04. The fraction of sp³-hybridized carbons (Fsp3) is 0.467. The molecule has 2 rings (SSSR count). The van der Waals surface area contributed by atoms with Gasteiger partial charge in [-0.2, -0.15) is 0 Å². The molecule has 2 nitrogen and oxygen atoms in total. The van der Waals surface area contributed by atoms with Crippen molar-refractivity contribution in [1.82, 2.24) is 0 Å². The van der Waals surface area contributed by atoms with Gasteiger partial charge >= 0.3 is 0 Å². The molecular formula is C15H18O2. The molecule has 1 aromatic rings. The van der Waals surface area contributed by atoms with Crippen LogP contribution in [0.15, 0.2) is 30.3 Å². The molecule has 17 heavy (non-hydrogen) atoms. The van der Waals surface area contributed by atoms with Crippen molar-refractivity contribution in [1.29, 1.82) is 0 Å². The van der Waals surface area contributed by atoms with Crippen molar-refractivity contribution in [3.63, 3.8) is 0 Å². The average molecular weight is 230 g/mol. The molecule has 1 heterocycles. The summed E-state index contributed by atoms with van der Waals surface area (Å²) in [5.74, 6) is 2.57. The summed E-state index contributed by atoms with van der Waals surface area (Å²) in [7, 11) is 0. The summed E-state index contributed by atoms with van der Waals surface area (Å²) in [5.41, 5.74) is 0.942. The molecule has 90 valence electrons. The third kappa shape index (κ3) is 2.36. The minimum absolute atomic E-state index is 0.230. The Hall–Kier alpha value is -1.30. The van der Waals surface area contributed by atoms with Crippen molar-refractivity contribution in [2.24, 2.45) is 0 Å². The number of hydrogen-bond donors (Lipinski definition) is 1. The van der Waals surface area contributed by atoms with Gasteiger partial charge in [0, 0.05) is 25.0 Å². The molecular weight excluding hydrogens is 212 g/mol. The highest BCUT2D eigenvalue weighted by Crippen LogP contribution is 2.39. The molecule has 0 radical (unpaired) electrons. The van der Waals surface area contributed by atoms with E-state index in [2.05, 4.69) is 18.1 Å². The van der Waals surface area contributed by atoms with E-state index in [0.717, 1.165) is 12.8 Å². The molecule has 1 unspecified atom stereocenters. The SMILES string of the molecule is C#CCC(O)C1(c2ccccc2)CCOCC1. The smallest absolute Gasteiger partial charge is 0.0747 e. The Labute approximate surface area is 103 Å². The second kappa shape index (κ2) is 5.35. The van der Waals surface area contributed by atoms with E-state index in [1.165, 1.54) is 5.56 Å². The van der Waals surface area contributed by atoms with E-state index in [1.54, 1.807) is 0 Å². The normalized spacial score (nSPS) is 20.5. The van der Waals surface area contributed by atoms with E-state index in [-0.39, 0.29) is 5.41 Å². The molecule has 0 aliphatic carbocycles. The first-order chi connectivity index (χ1) is 8.29. The number of benzene rings is 1. The van der Waals surface area contributed by atoms with Crippen molar-refractivity contribution in [3.05, 3.63) is 35.9 Å². The molecule has 0 bridgehead atoms. The van der Waals surface area contributed by atoms with Crippen LogP contribution in [-0.4, -0.2) is 24.4 Å². The topological polar surface area (TPSA) is 29.5 Å². The van der Waals surface area contributed by atoms with Gasteiger partial charge in [0.1, 0.15) is 0 Å². The van der Waals surface area contributed by atoms with Gasteiger partial charge in [-0.05, 0) is 18.4 Å². The van der Waals surface area contributed by atoms with Crippen molar-refractivity contribution in [3.8, 4) is 12.3 Å². The third-order valence-corrected chi connectivity index (χ3v) is 3.68. The van der Waals surface area contributed by atoms with Gasteiger partial charge in [0.15, 0.2) is 0 Å². The molecule has 0 saturated carbocycles. The van der Waals surface area contributed by atoms with E-state index in [0.29, 0.717) is 19.6 Å². The predicted octanol–water partition coefficient (Wildman–Crippen LogP) is 2.12. The Morgan fingerprint density at radius 3 is 2.53 bits per heavy atom. The van der Waals surface area contributed by atoms with Crippen molar-refractivity contribution >= 4 is 0 Å². The molecule has 0 aromatic heterocycles. The lowest BCUT2D eigenvalue weighted by atomic mass is 9.69. The summed E-state index contributed by atoms with van der Waals surface area (Å²) in [5, 5.41) is 10.4. The minimum Gasteiger partial charge on any atom is -0.391 e. The highest BCUT2D eigenvalue weighted by Gasteiger charge is 2.40. The van der Waals surface area contributed by atoms with E-state index in [4.69, 9.17) is 11.2 Å². The number of aliphatic hydroxyl groups excluding tert-OH is 1. The molecule has 1 N–H and O–H groups in total. The molecule has 1 aliphatic heterocycles. The summed E-state index contributed by atoms with van der Waals surface area (Å²) < 4.78 is 5.41. The number of aliphatic hydroxyl groups is 1. The lowest BCUT2D eigenvalue weighted by Gasteiger charge is -2.41. The van der Waals surface area contributed by atoms with E-state index >= 15 is 0 Å². The van der Waals surface area contributed by atoms with E-state index in [9.17, 15) is 5.11 Å². The first-order valence-corrected chi connectivity index (χ1v) is 6.04. The highest BCUT2D eigenvalue weighted by atomic mass is 16.5. The number of hydrogen-bond acceptors (Lipinski definition) is 2. The molecule has 0 spiro atoms. The largest absolute Gasteiger partial charge is 0.391 e. The van der Waals surface area contributed by atoms with Gasteiger partial charge in [0.2, 0.25) is 0 Å². The summed E-state index contributed by atoms with van der Waals surface area (Å²) in [6, 6.07) is 10.2. The number of ether oxygens (including phenoxy) is 1. The molecule has 1 atom stereocenters. The summed E-state index contributed by atoms with van der Waals surface area (Å²) in [6.45, 7) is 1.38. The Bertz CT molecular complexity index is 385. The maximum absolute atomic E-state index is 10.4. The predicted molar refractivity (Wildman–Crippen MR) is 67.6 cm³/mol. The summed E-state index contributed by atoms with van der Waals surface area (Å²) >= 11 is 0. The van der Waals surface area contributed by atoms with Crippen LogP contribution in [-0.2, 0) is 10.2 Å². The Morgan fingerprint density at radius 1 is 1.29 bits per heavy atom. The van der Waals surface area contributed by atoms with Crippen molar-refractivity contribution < 1.29 is 9.84 Å². The monoisotopic (exact) mass is 230 g/mol. The van der Waals surface area contributed by atoms with Gasteiger partial charge < -0.3 is 9.84 Å². The van der Waals surface area contributed by atoms with Crippen LogP contribution in [0.4, 0.5) is 0 Å². The van der Waals surface area contributed by atoms with Crippen LogP contribution in [0.3, 0.4) is 0 Å². The van der Waals surface area contributed by atoms with Gasteiger partial charge in [-0.3, -0.25) is 0 Å². The zero-order chi connectivity index (χ0) is 12.1. The van der Waals surface area contributed by atoms with Crippen LogP contribution in [0, 0.1) is 12.3 Å². The van der Waals surface area contributed by atoms with Crippen LogP contribution in [0.2, 0.25) is 0 Å². The maximum Gasteiger partial charge on any atom is 0.0747 e. The van der Waals surface area contributed by atoms with Gasteiger partial charge in [0.05, 0.1) is 6.10 Å². The molecule has 1 aromatic carbocycles. The fourth-order valence-corrected chi connectivity index (χ4v) is 2.63. The average Bonchev–Trinajstić information content (AvgIpc) is 2.41. The third-order valence-electron chi connectivity index (χ3n) is 3.68. The molecule has 1 aliphatic rings. The zero-order valence-electron chi connectivity index (χ0n) is 9.93. The number of rotatable bonds is 3.